The lowest BCUT2D eigenvalue weighted by atomic mass is 10.1. The lowest BCUT2D eigenvalue weighted by molar-refractivity contribution is -0.138. The van der Waals surface area contributed by atoms with E-state index in [2.05, 4.69) is 10.4 Å². The van der Waals surface area contributed by atoms with Crippen molar-refractivity contribution >= 4 is 5.91 Å². The van der Waals surface area contributed by atoms with Crippen molar-refractivity contribution in [1.29, 1.82) is 0 Å². The van der Waals surface area contributed by atoms with Crippen molar-refractivity contribution in [2.75, 3.05) is 13.7 Å². The van der Waals surface area contributed by atoms with Gasteiger partial charge in [-0.25, -0.2) is 4.68 Å². The number of hydrogen-bond acceptors (Lipinski definition) is 5. The molecule has 29 heavy (non-hydrogen) atoms. The van der Waals surface area contributed by atoms with Gasteiger partial charge in [0, 0.05) is 19.7 Å². The normalized spacial score (nSPS) is 11.6. The molecule has 0 aliphatic rings. The number of alkyl halides is 3. The van der Waals surface area contributed by atoms with Gasteiger partial charge in [-0.15, -0.1) is 0 Å². The van der Waals surface area contributed by atoms with Gasteiger partial charge in [-0.1, -0.05) is 6.07 Å². The van der Waals surface area contributed by atoms with Gasteiger partial charge in [-0.3, -0.25) is 9.59 Å². The van der Waals surface area contributed by atoms with Crippen molar-refractivity contribution in [2.45, 2.75) is 39.2 Å². The molecule has 0 atom stereocenters. The predicted octanol–water partition coefficient (Wildman–Crippen LogP) is 2.63. The Bertz CT molecular complexity index is 910. The average Bonchev–Trinajstić information content (AvgIpc) is 2.64. The molecule has 2 aromatic rings. The van der Waals surface area contributed by atoms with Gasteiger partial charge in [0.25, 0.3) is 11.5 Å². The van der Waals surface area contributed by atoms with E-state index in [4.69, 9.17) is 9.47 Å². The molecule has 0 aliphatic carbocycles. The minimum Gasteiger partial charge on any atom is -0.491 e. The number of amides is 1. The van der Waals surface area contributed by atoms with Crippen molar-refractivity contribution in [3.8, 4) is 5.75 Å². The van der Waals surface area contributed by atoms with Crippen LogP contribution in [0.25, 0.3) is 0 Å². The van der Waals surface area contributed by atoms with Crippen LogP contribution in [0.15, 0.2) is 35.1 Å². The molecule has 0 fully saturated rings. The Labute approximate surface area is 165 Å². The lowest BCUT2D eigenvalue weighted by Gasteiger charge is -2.17. The summed E-state index contributed by atoms with van der Waals surface area (Å²) >= 11 is 0. The molecule has 10 heteroatoms. The molecular formula is C19H22F3N3O4. The van der Waals surface area contributed by atoms with E-state index in [1.807, 2.05) is 0 Å². The standard InChI is InChI=1S/C19H22F3N3O4/c1-12(2)29-14-5-4-13(15(10-14)19(20,21)22)11-23-18(27)16-6-7-17(26)25(24-16)8-9-28-3/h4-7,10,12H,8-9,11H2,1-3H3,(H,23,27). The smallest absolute Gasteiger partial charge is 0.416 e. The van der Waals surface area contributed by atoms with Crippen LogP contribution < -0.4 is 15.6 Å². The summed E-state index contributed by atoms with van der Waals surface area (Å²) in [4.78, 5) is 24.0. The maximum absolute atomic E-state index is 13.4. The predicted molar refractivity (Wildman–Crippen MR) is 98.8 cm³/mol. The van der Waals surface area contributed by atoms with Crippen LogP contribution in [-0.2, 0) is 24.0 Å². The molecule has 1 N–H and O–H groups in total. The molecular weight excluding hydrogens is 391 g/mol. The number of hydrogen-bond donors (Lipinski definition) is 1. The number of benzene rings is 1. The molecule has 0 saturated heterocycles. The zero-order chi connectivity index (χ0) is 21.6. The lowest BCUT2D eigenvalue weighted by Crippen LogP contribution is -2.30. The minimum absolute atomic E-state index is 0.0889. The molecule has 0 saturated carbocycles. The quantitative estimate of drug-likeness (QED) is 0.720. The fourth-order valence-corrected chi connectivity index (χ4v) is 2.49. The molecule has 2 rings (SSSR count). The van der Waals surface area contributed by atoms with E-state index in [0.717, 1.165) is 16.8 Å². The van der Waals surface area contributed by atoms with E-state index in [1.165, 1.54) is 25.3 Å². The van der Waals surface area contributed by atoms with Gasteiger partial charge in [-0.2, -0.15) is 18.3 Å². The Morgan fingerprint density at radius 3 is 2.59 bits per heavy atom. The summed E-state index contributed by atoms with van der Waals surface area (Å²) in [6.45, 7) is 3.42. The number of halogens is 3. The summed E-state index contributed by atoms with van der Waals surface area (Å²) in [5.41, 5.74) is -1.52. The van der Waals surface area contributed by atoms with Crippen molar-refractivity contribution < 1.29 is 27.4 Å². The Balaban J connectivity index is 2.18. The highest BCUT2D eigenvalue weighted by atomic mass is 19.4. The number of nitrogens with one attached hydrogen (secondary N) is 1. The molecule has 158 valence electrons. The van der Waals surface area contributed by atoms with Crippen LogP contribution in [0.3, 0.4) is 0 Å². The SMILES string of the molecule is COCCn1nc(C(=O)NCc2ccc(OC(C)C)cc2C(F)(F)F)ccc1=O. The maximum Gasteiger partial charge on any atom is 0.416 e. The fraction of sp³-hybridized carbons (Fsp3) is 0.421. The first kappa shape index (κ1) is 22.4. The Kier molecular flexibility index (Phi) is 7.38. The van der Waals surface area contributed by atoms with Crippen LogP contribution in [-0.4, -0.2) is 35.5 Å². The Morgan fingerprint density at radius 2 is 1.97 bits per heavy atom. The number of rotatable bonds is 8. The van der Waals surface area contributed by atoms with Gasteiger partial charge >= 0.3 is 6.18 Å². The van der Waals surface area contributed by atoms with Crippen LogP contribution in [0.2, 0.25) is 0 Å². The first-order chi connectivity index (χ1) is 13.6. The van der Waals surface area contributed by atoms with Crippen molar-refractivity contribution in [3.63, 3.8) is 0 Å². The number of nitrogens with zero attached hydrogens (tertiary/aromatic N) is 2. The van der Waals surface area contributed by atoms with Crippen LogP contribution in [0, 0.1) is 0 Å². The van der Waals surface area contributed by atoms with E-state index in [1.54, 1.807) is 13.8 Å². The number of aromatic nitrogens is 2. The number of methoxy groups -OCH3 is 1. The summed E-state index contributed by atoms with van der Waals surface area (Å²) in [5.74, 6) is -0.610. The highest BCUT2D eigenvalue weighted by molar-refractivity contribution is 5.91. The van der Waals surface area contributed by atoms with Gasteiger partial charge in [0.1, 0.15) is 11.4 Å². The third kappa shape index (κ3) is 6.31. The Hall–Kier alpha value is -2.88. The maximum atomic E-state index is 13.4. The van der Waals surface area contributed by atoms with Crippen molar-refractivity contribution in [1.82, 2.24) is 15.1 Å². The summed E-state index contributed by atoms with van der Waals surface area (Å²) in [7, 11) is 1.46. The molecule has 0 radical (unpaired) electrons. The van der Waals surface area contributed by atoms with E-state index >= 15 is 0 Å². The third-order valence-corrected chi connectivity index (χ3v) is 3.80. The van der Waals surface area contributed by atoms with Crippen molar-refractivity contribution in [3.05, 3.63) is 57.5 Å². The highest BCUT2D eigenvalue weighted by Crippen LogP contribution is 2.34. The summed E-state index contributed by atoms with van der Waals surface area (Å²) in [6.07, 6.45) is -4.89. The Morgan fingerprint density at radius 1 is 1.24 bits per heavy atom. The molecule has 1 aromatic carbocycles. The van der Waals surface area contributed by atoms with E-state index in [0.29, 0.717) is 0 Å². The van der Waals surface area contributed by atoms with Gasteiger partial charge < -0.3 is 14.8 Å². The highest BCUT2D eigenvalue weighted by Gasteiger charge is 2.34. The van der Waals surface area contributed by atoms with E-state index < -0.39 is 23.2 Å². The van der Waals surface area contributed by atoms with Crippen molar-refractivity contribution in [2.24, 2.45) is 0 Å². The average molecular weight is 413 g/mol. The number of ether oxygens (including phenoxy) is 2. The van der Waals surface area contributed by atoms with Gasteiger partial charge in [0.2, 0.25) is 0 Å². The molecule has 1 aromatic heterocycles. The first-order valence-corrected chi connectivity index (χ1v) is 8.84. The monoisotopic (exact) mass is 413 g/mol. The number of carbonyl (C=O) groups excluding carboxylic acids is 1. The van der Waals surface area contributed by atoms with Gasteiger partial charge in [-0.05, 0) is 37.6 Å². The topological polar surface area (TPSA) is 82.5 Å². The van der Waals surface area contributed by atoms with Crippen LogP contribution in [0.1, 0.15) is 35.5 Å². The summed E-state index contributed by atoms with van der Waals surface area (Å²) in [5, 5.41) is 6.31. The molecule has 0 bridgehead atoms. The molecule has 0 unspecified atom stereocenters. The second kappa shape index (κ2) is 9.55. The zero-order valence-electron chi connectivity index (χ0n) is 16.2. The number of carbonyl (C=O) groups is 1. The molecule has 0 aliphatic heterocycles. The summed E-state index contributed by atoms with van der Waals surface area (Å²) in [6, 6.07) is 5.96. The van der Waals surface area contributed by atoms with Gasteiger partial charge in [0.05, 0.1) is 24.8 Å². The first-order valence-electron chi connectivity index (χ1n) is 8.84. The molecule has 1 amide bonds. The minimum atomic E-state index is -4.61. The second-order valence-corrected chi connectivity index (χ2v) is 6.44. The van der Waals surface area contributed by atoms with Crippen LogP contribution in [0.5, 0.6) is 5.75 Å². The largest absolute Gasteiger partial charge is 0.491 e. The van der Waals surface area contributed by atoms with Gasteiger partial charge in [0.15, 0.2) is 0 Å². The third-order valence-electron chi connectivity index (χ3n) is 3.80. The van der Waals surface area contributed by atoms with Crippen LogP contribution >= 0.6 is 0 Å². The molecule has 0 spiro atoms. The zero-order valence-corrected chi connectivity index (χ0v) is 16.2. The van der Waals surface area contributed by atoms with Crippen LogP contribution in [0.4, 0.5) is 13.2 Å². The van der Waals surface area contributed by atoms with E-state index in [-0.39, 0.29) is 42.8 Å². The molecule has 1 heterocycles. The second-order valence-electron chi connectivity index (χ2n) is 6.44. The summed E-state index contributed by atoms with van der Waals surface area (Å²) < 4.78 is 51.4. The molecule has 7 nitrogen and oxygen atoms in total. The fourth-order valence-electron chi connectivity index (χ4n) is 2.49. The van der Waals surface area contributed by atoms with E-state index in [9.17, 15) is 22.8 Å².